The van der Waals surface area contributed by atoms with Crippen LogP contribution in [0.4, 0.5) is 17.5 Å². The molecule has 0 radical (unpaired) electrons. The molecule has 1 aromatic heterocycles. The van der Waals surface area contributed by atoms with Gasteiger partial charge in [-0.3, -0.25) is 10.1 Å². The molecule has 0 spiro atoms. The molecular formula is C17H21N5O2. The van der Waals surface area contributed by atoms with Crippen LogP contribution >= 0.6 is 0 Å². The van der Waals surface area contributed by atoms with Gasteiger partial charge in [-0.05, 0) is 32.3 Å². The first-order valence-corrected chi connectivity index (χ1v) is 8.14. The fraction of sp³-hybridized carbons (Fsp3) is 0.412. The van der Waals surface area contributed by atoms with Crippen LogP contribution in [0.15, 0.2) is 30.3 Å². The van der Waals surface area contributed by atoms with Crippen LogP contribution in [0, 0.1) is 10.1 Å². The van der Waals surface area contributed by atoms with Crippen molar-refractivity contribution in [1.82, 2.24) is 9.97 Å². The summed E-state index contributed by atoms with van der Waals surface area (Å²) in [5.41, 5.74) is 1.99. The molecule has 1 aliphatic carbocycles. The number of rotatable bonds is 7. The summed E-state index contributed by atoms with van der Waals surface area (Å²) in [5, 5.41) is 17.3. The smallest absolute Gasteiger partial charge is 0.269 e. The number of nitrogens with one attached hydrogen (secondary N) is 2. The third kappa shape index (κ3) is 4.18. The number of hydrogen-bond donors (Lipinski definition) is 2. The van der Waals surface area contributed by atoms with Gasteiger partial charge in [-0.15, -0.1) is 0 Å². The van der Waals surface area contributed by atoms with Crippen molar-refractivity contribution in [2.24, 2.45) is 0 Å². The third-order valence-corrected chi connectivity index (χ3v) is 3.75. The molecule has 7 nitrogen and oxygen atoms in total. The van der Waals surface area contributed by atoms with Crippen molar-refractivity contribution >= 4 is 17.5 Å². The number of non-ortho nitro benzene ring substituents is 1. The van der Waals surface area contributed by atoms with E-state index in [0.717, 1.165) is 17.1 Å². The van der Waals surface area contributed by atoms with Gasteiger partial charge in [-0.25, -0.2) is 4.98 Å². The van der Waals surface area contributed by atoms with Gasteiger partial charge in [-0.1, -0.05) is 12.1 Å². The largest absolute Gasteiger partial charge is 0.366 e. The van der Waals surface area contributed by atoms with Gasteiger partial charge in [-0.2, -0.15) is 4.98 Å². The first-order chi connectivity index (χ1) is 11.5. The summed E-state index contributed by atoms with van der Waals surface area (Å²) in [7, 11) is 0. The number of nitro groups is 1. The SMILES string of the molecule is CC(C)Nc1nc(NCc2cccc([N+](=O)[O-])c2)cc(C2CC2)n1. The lowest BCUT2D eigenvalue weighted by atomic mass is 10.2. The number of nitro benzene ring substituents is 1. The lowest BCUT2D eigenvalue weighted by Crippen LogP contribution is -2.14. The van der Waals surface area contributed by atoms with E-state index in [1.165, 1.54) is 18.9 Å². The highest BCUT2D eigenvalue weighted by molar-refractivity contribution is 5.45. The Kier molecular flexibility index (Phi) is 4.59. The minimum absolute atomic E-state index is 0.0952. The summed E-state index contributed by atoms with van der Waals surface area (Å²) in [5.74, 6) is 1.89. The normalized spacial score (nSPS) is 13.8. The highest BCUT2D eigenvalue weighted by atomic mass is 16.6. The number of aromatic nitrogens is 2. The molecule has 24 heavy (non-hydrogen) atoms. The van der Waals surface area contributed by atoms with E-state index in [9.17, 15) is 10.1 Å². The lowest BCUT2D eigenvalue weighted by molar-refractivity contribution is -0.384. The summed E-state index contributed by atoms with van der Waals surface area (Å²) in [4.78, 5) is 19.5. The Labute approximate surface area is 140 Å². The zero-order valence-corrected chi connectivity index (χ0v) is 13.8. The van der Waals surface area contributed by atoms with Crippen molar-refractivity contribution < 1.29 is 4.92 Å². The molecule has 1 heterocycles. The summed E-state index contributed by atoms with van der Waals surface area (Å²) in [6.45, 7) is 4.57. The maximum atomic E-state index is 10.9. The van der Waals surface area contributed by atoms with Crippen LogP contribution in [0.3, 0.4) is 0 Å². The van der Waals surface area contributed by atoms with E-state index >= 15 is 0 Å². The summed E-state index contributed by atoms with van der Waals surface area (Å²) >= 11 is 0. The molecule has 2 N–H and O–H groups in total. The van der Waals surface area contributed by atoms with Gasteiger partial charge in [0.1, 0.15) is 5.82 Å². The predicted molar refractivity (Wildman–Crippen MR) is 93.2 cm³/mol. The van der Waals surface area contributed by atoms with Crippen LogP contribution in [-0.4, -0.2) is 20.9 Å². The first kappa shape index (κ1) is 16.2. The third-order valence-electron chi connectivity index (χ3n) is 3.75. The second-order valence-electron chi connectivity index (χ2n) is 6.36. The van der Waals surface area contributed by atoms with Crippen molar-refractivity contribution in [2.45, 2.75) is 45.2 Å². The summed E-state index contributed by atoms with van der Waals surface area (Å²) in [6, 6.07) is 8.84. The van der Waals surface area contributed by atoms with E-state index in [0.29, 0.717) is 18.4 Å². The fourth-order valence-electron chi connectivity index (χ4n) is 2.44. The van der Waals surface area contributed by atoms with Crippen LogP contribution in [0.5, 0.6) is 0 Å². The second-order valence-corrected chi connectivity index (χ2v) is 6.36. The van der Waals surface area contributed by atoms with Crippen molar-refractivity contribution in [3.63, 3.8) is 0 Å². The molecule has 126 valence electrons. The predicted octanol–water partition coefficient (Wildman–Crippen LogP) is 3.69. The molecule has 7 heteroatoms. The van der Waals surface area contributed by atoms with E-state index in [2.05, 4.69) is 20.6 Å². The Bertz CT molecular complexity index is 744. The number of hydrogen-bond acceptors (Lipinski definition) is 6. The lowest BCUT2D eigenvalue weighted by Gasteiger charge is -2.13. The van der Waals surface area contributed by atoms with Crippen LogP contribution in [0.1, 0.15) is 43.9 Å². The van der Waals surface area contributed by atoms with Crippen molar-refractivity contribution in [3.05, 3.63) is 51.7 Å². The van der Waals surface area contributed by atoms with Crippen LogP contribution in [0.2, 0.25) is 0 Å². The van der Waals surface area contributed by atoms with E-state index < -0.39 is 0 Å². The average Bonchev–Trinajstić information content (AvgIpc) is 3.37. The molecule has 2 aromatic rings. The standard InChI is InChI=1S/C17H21N5O2/c1-11(2)19-17-20-15(13-6-7-13)9-16(21-17)18-10-12-4-3-5-14(8-12)22(23)24/h3-5,8-9,11,13H,6-7,10H2,1-2H3,(H2,18,19,20,21). The van der Waals surface area contributed by atoms with E-state index in [1.807, 2.05) is 26.0 Å². The van der Waals surface area contributed by atoms with Crippen molar-refractivity contribution in [2.75, 3.05) is 10.6 Å². The Morgan fingerprint density at radius 1 is 1.29 bits per heavy atom. The number of benzene rings is 1. The van der Waals surface area contributed by atoms with E-state index in [4.69, 9.17) is 0 Å². The number of anilines is 2. The number of nitrogens with zero attached hydrogens (tertiary/aromatic N) is 3. The van der Waals surface area contributed by atoms with Gasteiger partial charge in [0.15, 0.2) is 0 Å². The molecule has 0 bridgehead atoms. The Balaban J connectivity index is 1.75. The molecule has 1 fully saturated rings. The summed E-state index contributed by atoms with van der Waals surface area (Å²) in [6.07, 6.45) is 2.34. The second kappa shape index (κ2) is 6.82. The van der Waals surface area contributed by atoms with Crippen molar-refractivity contribution in [1.29, 1.82) is 0 Å². The minimum Gasteiger partial charge on any atom is -0.366 e. The molecule has 3 rings (SSSR count). The maximum absolute atomic E-state index is 10.9. The highest BCUT2D eigenvalue weighted by Gasteiger charge is 2.26. The molecule has 0 unspecified atom stereocenters. The first-order valence-electron chi connectivity index (χ1n) is 8.14. The van der Waals surface area contributed by atoms with Gasteiger partial charge in [0, 0.05) is 36.7 Å². The molecule has 1 aromatic carbocycles. The van der Waals surface area contributed by atoms with Gasteiger partial charge in [0.25, 0.3) is 5.69 Å². The van der Waals surface area contributed by atoms with Crippen molar-refractivity contribution in [3.8, 4) is 0 Å². The Morgan fingerprint density at radius 3 is 2.75 bits per heavy atom. The molecule has 0 amide bonds. The van der Waals surface area contributed by atoms with Gasteiger partial charge in [0.2, 0.25) is 5.95 Å². The molecule has 0 atom stereocenters. The Hall–Kier alpha value is -2.70. The topological polar surface area (TPSA) is 93.0 Å². The zero-order chi connectivity index (χ0) is 17.1. The van der Waals surface area contributed by atoms with E-state index in [1.54, 1.807) is 12.1 Å². The molecule has 0 aliphatic heterocycles. The molecular weight excluding hydrogens is 306 g/mol. The highest BCUT2D eigenvalue weighted by Crippen LogP contribution is 2.39. The molecule has 1 saturated carbocycles. The summed E-state index contributed by atoms with van der Waals surface area (Å²) < 4.78 is 0. The van der Waals surface area contributed by atoms with Crippen LogP contribution < -0.4 is 10.6 Å². The quantitative estimate of drug-likeness (QED) is 0.595. The monoisotopic (exact) mass is 327 g/mol. The van der Waals surface area contributed by atoms with E-state index in [-0.39, 0.29) is 16.7 Å². The zero-order valence-electron chi connectivity index (χ0n) is 13.8. The average molecular weight is 327 g/mol. The van der Waals surface area contributed by atoms with Gasteiger partial charge >= 0.3 is 0 Å². The van der Waals surface area contributed by atoms with Gasteiger partial charge < -0.3 is 10.6 Å². The fourth-order valence-corrected chi connectivity index (χ4v) is 2.44. The Morgan fingerprint density at radius 2 is 2.08 bits per heavy atom. The minimum atomic E-state index is -0.385. The molecule has 0 saturated heterocycles. The molecule has 1 aliphatic rings. The van der Waals surface area contributed by atoms with Crippen LogP contribution in [-0.2, 0) is 6.54 Å². The maximum Gasteiger partial charge on any atom is 0.269 e. The van der Waals surface area contributed by atoms with Crippen LogP contribution in [0.25, 0.3) is 0 Å². The van der Waals surface area contributed by atoms with Gasteiger partial charge in [0.05, 0.1) is 10.6 Å².